The molecule has 7 heteroatoms. The molecule has 0 aromatic carbocycles. The third-order valence-corrected chi connectivity index (χ3v) is 4.56. The number of likely N-dealkylation sites (N-methyl/N-ethyl adjacent to an activating group) is 1. The average Bonchev–Trinajstić information content (AvgIpc) is 2.28. The van der Waals surface area contributed by atoms with Crippen LogP contribution in [0, 0.1) is 5.92 Å². The Balaban J connectivity index is 2.78. The molecular weight excluding hydrogens is 286 g/mol. The minimum Gasteiger partial charge on any atom is -0.305 e. The summed E-state index contributed by atoms with van der Waals surface area (Å²) in [5.41, 5.74) is 0. The highest BCUT2D eigenvalue weighted by molar-refractivity contribution is 7.89. The second kappa shape index (κ2) is 6.65. The zero-order chi connectivity index (χ0) is 14.6. The molecule has 0 aliphatic carbocycles. The predicted molar refractivity (Wildman–Crippen MR) is 76.7 cm³/mol. The van der Waals surface area contributed by atoms with Gasteiger partial charge in [-0.15, -0.1) is 0 Å². The van der Waals surface area contributed by atoms with E-state index in [-0.39, 0.29) is 16.1 Å². The van der Waals surface area contributed by atoms with Crippen LogP contribution in [-0.2, 0) is 10.0 Å². The number of hydrogen-bond donors (Lipinski definition) is 1. The molecule has 1 aromatic heterocycles. The number of nitrogens with one attached hydrogen (secondary N) is 1. The molecule has 0 amide bonds. The molecule has 0 saturated carbocycles. The van der Waals surface area contributed by atoms with Crippen LogP contribution < -0.4 is 4.72 Å². The molecule has 19 heavy (non-hydrogen) atoms. The van der Waals surface area contributed by atoms with Crippen LogP contribution in [0.15, 0.2) is 23.2 Å². The maximum Gasteiger partial charge on any atom is 0.242 e. The maximum atomic E-state index is 12.1. The molecule has 1 atom stereocenters. The molecule has 108 valence electrons. The molecule has 1 unspecified atom stereocenters. The van der Waals surface area contributed by atoms with Crippen molar-refractivity contribution in [2.24, 2.45) is 5.92 Å². The van der Waals surface area contributed by atoms with Crippen molar-refractivity contribution in [3.63, 3.8) is 0 Å². The molecule has 0 spiro atoms. The van der Waals surface area contributed by atoms with Gasteiger partial charge in [-0.25, -0.2) is 18.1 Å². The van der Waals surface area contributed by atoms with E-state index >= 15 is 0 Å². The normalized spacial score (nSPS) is 14.1. The number of sulfonamides is 1. The predicted octanol–water partition coefficient (Wildman–Crippen LogP) is 1.60. The molecule has 5 nitrogen and oxygen atoms in total. The summed E-state index contributed by atoms with van der Waals surface area (Å²) >= 11 is 5.64. The van der Waals surface area contributed by atoms with Crippen molar-refractivity contribution in [2.75, 3.05) is 20.6 Å². The molecule has 0 bridgehead atoms. The second-order valence-electron chi connectivity index (χ2n) is 4.94. The van der Waals surface area contributed by atoms with Crippen LogP contribution >= 0.6 is 11.6 Å². The fourth-order valence-electron chi connectivity index (χ4n) is 1.81. The highest BCUT2D eigenvalue weighted by Crippen LogP contribution is 2.12. The summed E-state index contributed by atoms with van der Waals surface area (Å²) in [6.45, 7) is 4.47. The molecule has 1 aromatic rings. The summed E-state index contributed by atoms with van der Waals surface area (Å²) in [6, 6.07) is 3.04. The molecule has 0 aliphatic rings. The van der Waals surface area contributed by atoms with E-state index in [1.54, 1.807) is 0 Å². The van der Waals surface area contributed by atoms with Crippen LogP contribution in [0.3, 0.4) is 0 Å². The number of halogens is 1. The van der Waals surface area contributed by atoms with Gasteiger partial charge in [0.2, 0.25) is 10.0 Å². The Morgan fingerprint density at radius 1 is 1.37 bits per heavy atom. The van der Waals surface area contributed by atoms with Gasteiger partial charge in [-0.3, -0.25) is 0 Å². The summed E-state index contributed by atoms with van der Waals surface area (Å²) in [6.07, 6.45) is 1.25. The van der Waals surface area contributed by atoms with Gasteiger partial charge >= 0.3 is 0 Å². The largest absolute Gasteiger partial charge is 0.305 e. The summed E-state index contributed by atoms with van der Waals surface area (Å²) in [4.78, 5) is 5.91. The van der Waals surface area contributed by atoms with Crippen LogP contribution in [0.5, 0.6) is 0 Å². The van der Waals surface area contributed by atoms with Crippen LogP contribution in [-0.4, -0.2) is 45.0 Å². The lowest BCUT2D eigenvalue weighted by Crippen LogP contribution is -2.43. The van der Waals surface area contributed by atoms with Crippen LogP contribution in [0.2, 0.25) is 5.15 Å². The lowest BCUT2D eigenvalue weighted by Gasteiger charge is -2.27. The highest BCUT2D eigenvalue weighted by Gasteiger charge is 2.20. The molecular formula is C12H20ClN3O2S. The fraction of sp³-hybridized carbons (Fsp3) is 0.583. The third kappa shape index (κ3) is 4.72. The smallest absolute Gasteiger partial charge is 0.242 e. The minimum atomic E-state index is -3.54. The first-order valence-corrected chi connectivity index (χ1v) is 7.88. The van der Waals surface area contributed by atoms with Gasteiger partial charge in [0, 0.05) is 18.8 Å². The summed E-state index contributed by atoms with van der Waals surface area (Å²) in [7, 11) is 0.330. The van der Waals surface area contributed by atoms with E-state index in [9.17, 15) is 8.42 Å². The van der Waals surface area contributed by atoms with Crippen LogP contribution in [0.25, 0.3) is 0 Å². The number of hydrogen-bond acceptors (Lipinski definition) is 4. The van der Waals surface area contributed by atoms with Crippen molar-refractivity contribution in [1.29, 1.82) is 0 Å². The zero-order valence-corrected chi connectivity index (χ0v) is 13.2. The van der Waals surface area contributed by atoms with Gasteiger partial charge in [-0.2, -0.15) is 0 Å². The Morgan fingerprint density at radius 3 is 2.42 bits per heavy atom. The van der Waals surface area contributed by atoms with Crippen molar-refractivity contribution in [3.8, 4) is 0 Å². The maximum absolute atomic E-state index is 12.1. The van der Waals surface area contributed by atoms with Crippen LogP contribution in [0.1, 0.15) is 13.8 Å². The summed E-state index contributed by atoms with van der Waals surface area (Å²) < 4.78 is 26.8. The lowest BCUT2D eigenvalue weighted by molar-refractivity contribution is 0.233. The highest BCUT2D eigenvalue weighted by atomic mass is 35.5. The van der Waals surface area contributed by atoms with Gasteiger partial charge in [-0.1, -0.05) is 25.4 Å². The molecule has 1 N–H and O–H groups in total. The van der Waals surface area contributed by atoms with Crippen molar-refractivity contribution in [3.05, 3.63) is 23.5 Å². The third-order valence-electron chi connectivity index (χ3n) is 2.93. The van der Waals surface area contributed by atoms with Gasteiger partial charge in [-0.05, 0) is 32.1 Å². The van der Waals surface area contributed by atoms with E-state index in [1.165, 1.54) is 18.3 Å². The number of aromatic nitrogens is 1. The molecule has 0 aliphatic heterocycles. The van der Waals surface area contributed by atoms with E-state index < -0.39 is 10.0 Å². The van der Waals surface area contributed by atoms with E-state index in [0.29, 0.717) is 12.5 Å². The van der Waals surface area contributed by atoms with Crippen LogP contribution in [0.4, 0.5) is 0 Å². The minimum absolute atomic E-state index is 0.123. The summed E-state index contributed by atoms with van der Waals surface area (Å²) in [5.74, 6) is 0.348. The zero-order valence-electron chi connectivity index (χ0n) is 11.6. The van der Waals surface area contributed by atoms with E-state index in [2.05, 4.69) is 23.6 Å². The number of pyridine rings is 1. The van der Waals surface area contributed by atoms with E-state index in [4.69, 9.17) is 11.6 Å². The van der Waals surface area contributed by atoms with Crippen molar-refractivity contribution >= 4 is 21.6 Å². The van der Waals surface area contributed by atoms with Gasteiger partial charge in [0.25, 0.3) is 0 Å². The lowest BCUT2D eigenvalue weighted by atomic mass is 10.0. The van der Waals surface area contributed by atoms with Gasteiger partial charge < -0.3 is 4.90 Å². The Bertz CT molecular complexity index is 492. The Hall–Kier alpha value is -0.690. The van der Waals surface area contributed by atoms with Crippen molar-refractivity contribution in [2.45, 2.75) is 24.8 Å². The number of rotatable bonds is 6. The Kier molecular flexibility index (Phi) is 5.73. The van der Waals surface area contributed by atoms with E-state index in [1.807, 2.05) is 19.0 Å². The number of nitrogens with zero attached hydrogens (tertiary/aromatic N) is 2. The summed E-state index contributed by atoms with van der Waals surface area (Å²) in [5, 5.41) is 0.271. The fourth-order valence-corrected chi connectivity index (χ4v) is 2.92. The Labute approximate surface area is 120 Å². The quantitative estimate of drug-likeness (QED) is 0.811. The molecule has 0 radical (unpaired) electrons. The topological polar surface area (TPSA) is 62.3 Å². The standard InChI is InChI=1S/C12H20ClN3O2S/c1-9(2)11(16(3)4)8-15-19(17,18)10-5-6-12(13)14-7-10/h5-7,9,11,15H,8H2,1-4H3. The van der Waals surface area contributed by atoms with E-state index in [0.717, 1.165) is 0 Å². The first kappa shape index (κ1) is 16.4. The SMILES string of the molecule is CC(C)C(CNS(=O)(=O)c1ccc(Cl)nc1)N(C)C. The average molecular weight is 306 g/mol. The first-order valence-electron chi connectivity index (χ1n) is 6.01. The first-order chi connectivity index (χ1) is 8.74. The monoisotopic (exact) mass is 305 g/mol. The van der Waals surface area contributed by atoms with Gasteiger partial charge in [0.1, 0.15) is 10.0 Å². The van der Waals surface area contributed by atoms with Crippen molar-refractivity contribution in [1.82, 2.24) is 14.6 Å². The molecule has 1 heterocycles. The van der Waals surface area contributed by atoms with Gasteiger partial charge in [0.15, 0.2) is 0 Å². The molecule has 0 saturated heterocycles. The second-order valence-corrected chi connectivity index (χ2v) is 7.10. The molecule has 1 rings (SSSR count). The van der Waals surface area contributed by atoms with Gasteiger partial charge in [0.05, 0.1) is 0 Å². The molecule has 0 fully saturated rings. The van der Waals surface area contributed by atoms with Crippen molar-refractivity contribution < 1.29 is 8.42 Å². The Morgan fingerprint density at radius 2 is 2.00 bits per heavy atom.